The van der Waals surface area contributed by atoms with Crippen LogP contribution in [0.25, 0.3) is 0 Å². The van der Waals surface area contributed by atoms with Crippen molar-refractivity contribution in [2.24, 2.45) is 0 Å². The molecule has 1 nitrogen and oxygen atoms in total. The Morgan fingerprint density at radius 2 is 0.600 bits per heavy atom. The lowest BCUT2D eigenvalue weighted by Crippen LogP contribution is -2.55. The van der Waals surface area contributed by atoms with E-state index < -0.39 is 57.1 Å². The minimum atomic E-state index is -2.37. The standard InChI is InChI=1S/C42H82OSi7/c1-29(2)32-25-34(30(3)4)38(35(26-32)31(5)6)44(43)39-36(41(47(13,14)15)48(16,17)18)27-33(40(45(7,8)9)46(10,11)12)28-37(39)42(49(19,20)21)50(22,23)24/h25-31,40-42H,1-24H3. The molecule has 0 saturated heterocycles. The summed E-state index contributed by atoms with van der Waals surface area (Å²) in [5.41, 5.74) is 8.77. The number of hydrogen-bond acceptors (Lipinski definition) is 1. The van der Waals surface area contributed by atoms with E-state index in [1.807, 2.05) is 0 Å². The van der Waals surface area contributed by atoms with Crippen LogP contribution in [0.5, 0.6) is 0 Å². The van der Waals surface area contributed by atoms with Crippen LogP contribution in [-0.2, 0) is 4.46 Å². The van der Waals surface area contributed by atoms with Gasteiger partial charge in [0.05, 0.1) is 0 Å². The lowest BCUT2D eigenvalue weighted by molar-refractivity contribution is 0.574. The van der Waals surface area contributed by atoms with Crippen LogP contribution >= 0.6 is 0 Å². The Balaban J connectivity index is 3.59. The van der Waals surface area contributed by atoms with E-state index in [4.69, 9.17) is 0 Å². The lowest BCUT2D eigenvalue weighted by atomic mass is 9.89. The molecule has 0 aromatic heterocycles. The zero-order valence-electron chi connectivity index (χ0n) is 37.7. The quantitative estimate of drug-likeness (QED) is 0.174. The van der Waals surface area contributed by atoms with Crippen molar-refractivity contribution >= 4 is 67.5 Å². The highest BCUT2D eigenvalue weighted by Gasteiger charge is 2.48. The van der Waals surface area contributed by atoms with E-state index in [2.05, 4.69) is 184 Å². The predicted octanol–water partition coefficient (Wildman–Crippen LogP) is 13.1. The summed E-state index contributed by atoms with van der Waals surface area (Å²) < 4.78 is 16.5. The van der Waals surface area contributed by atoms with Gasteiger partial charge in [-0.1, -0.05) is 184 Å². The summed E-state index contributed by atoms with van der Waals surface area (Å²) in [7, 11) is -12.6. The third kappa shape index (κ3) is 10.5. The average molecular weight is 800 g/mol. The summed E-state index contributed by atoms with van der Waals surface area (Å²) in [5, 5.41) is 4.26. The average Bonchev–Trinajstić information content (AvgIpc) is 2.82. The molecule has 0 unspecified atom stereocenters. The first kappa shape index (κ1) is 45.9. The summed E-state index contributed by atoms with van der Waals surface area (Å²) in [5.74, 6) is 1.08. The minimum Gasteiger partial charge on any atom is -0.376 e. The van der Waals surface area contributed by atoms with Crippen molar-refractivity contribution in [2.75, 3.05) is 0 Å². The first-order valence-electron chi connectivity index (χ1n) is 19.9. The molecule has 0 atom stereocenters. The van der Waals surface area contributed by atoms with Gasteiger partial charge in [0.1, 0.15) is 0 Å². The van der Waals surface area contributed by atoms with E-state index >= 15 is 4.46 Å². The monoisotopic (exact) mass is 798 g/mol. The number of rotatable bonds is 14. The van der Waals surface area contributed by atoms with Crippen molar-refractivity contribution in [1.29, 1.82) is 0 Å². The second kappa shape index (κ2) is 15.5. The largest absolute Gasteiger partial charge is 0.376 e. The Labute approximate surface area is 320 Å². The van der Waals surface area contributed by atoms with Crippen molar-refractivity contribution in [2.45, 2.75) is 193 Å². The van der Waals surface area contributed by atoms with E-state index in [0.717, 1.165) is 0 Å². The summed E-state index contributed by atoms with van der Waals surface area (Å²) in [6.45, 7) is 61.0. The predicted molar refractivity (Wildman–Crippen MR) is 249 cm³/mol. The van der Waals surface area contributed by atoms with Crippen LogP contribution in [0.2, 0.25) is 118 Å². The van der Waals surface area contributed by atoms with Crippen molar-refractivity contribution in [1.82, 2.24) is 0 Å². The molecule has 0 spiro atoms. The third-order valence-electron chi connectivity index (χ3n) is 11.0. The first-order chi connectivity index (χ1) is 22.0. The fourth-order valence-electron chi connectivity index (χ4n) is 10.7. The smallest absolute Gasteiger partial charge is 0.347 e. The van der Waals surface area contributed by atoms with Gasteiger partial charge in [-0.3, -0.25) is 0 Å². The normalized spacial score (nSPS) is 14.4. The molecule has 0 heterocycles. The molecule has 8 heteroatoms. The molecule has 0 aliphatic rings. The molecule has 0 aliphatic carbocycles. The maximum Gasteiger partial charge on any atom is 0.347 e. The van der Waals surface area contributed by atoms with Gasteiger partial charge in [0.25, 0.3) is 0 Å². The van der Waals surface area contributed by atoms with Gasteiger partial charge in [0, 0.05) is 58.8 Å². The summed E-state index contributed by atoms with van der Waals surface area (Å²) in [6.07, 6.45) is 0. The van der Waals surface area contributed by atoms with Gasteiger partial charge in [-0.2, -0.15) is 0 Å². The molecule has 284 valence electrons. The van der Waals surface area contributed by atoms with Gasteiger partial charge >= 0.3 is 8.68 Å². The highest BCUT2D eigenvalue weighted by atomic mass is 28.4. The molecule has 0 bridgehead atoms. The fourth-order valence-corrected chi connectivity index (χ4v) is 51.9. The molecule has 0 radical (unpaired) electrons. The molecular formula is C42H82OSi7. The molecule has 2 rings (SSSR count). The van der Waals surface area contributed by atoms with E-state index in [-0.39, 0.29) is 0 Å². The second-order valence-corrected chi connectivity index (χ2v) is 58.7. The molecule has 2 aromatic rings. The van der Waals surface area contributed by atoms with Gasteiger partial charge < -0.3 is 4.46 Å². The van der Waals surface area contributed by atoms with Gasteiger partial charge in [-0.25, -0.2) is 0 Å². The first-order valence-corrected chi connectivity index (χ1v) is 42.8. The van der Waals surface area contributed by atoms with E-state index in [1.54, 1.807) is 16.7 Å². The Morgan fingerprint density at radius 1 is 0.360 bits per heavy atom. The number of benzene rings is 2. The zero-order chi connectivity index (χ0) is 39.5. The topological polar surface area (TPSA) is 17.1 Å². The number of hydrogen-bond donors (Lipinski definition) is 0. The Hall–Kier alpha value is -0.242. The molecular weight excluding hydrogens is 717 g/mol. The Bertz CT molecular complexity index is 1390. The van der Waals surface area contributed by atoms with Crippen LogP contribution < -0.4 is 10.4 Å². The third-order valence-corrected chi connectivity index (χ3v) is 40.9. The molecule has 50 heavy (non-hydrogen) atoms. The van der Waals surface area contributed by atoms with Crippen LogP contribution in [0.3, 0.4) is 0 Å². The van der Waals surface area contributed by atoms with Crippen molar-refractivity contribution in [3.05, 3.63) is 57.6 Å². The minimum absolute atomic E-state index is 0.319. The van der Waals surface area contributed by atoms with Crippen molar-refractivity contribution in [3.63, 3.8) is 0 Å². The van der Waals surface area contributed by atoms with Gasteiger partial charge in [-0.05, 0) is 66.6 Å². The van der Waals surface area contributed by atoms with E-state index in [9.17, 15) is 0 Å². The summed E-state index contributed by atoms with van der Waals surface area (Å²) in [6, 6.07) is 10.4. The maximum atomic E-state index is 16.5. The molecule has 0 fully saturated rings. The summed E-state index contributed by atoms with van der Waals surface area (Å²) >= 11 is 0. The summed E-state index contributed by atoms with van der Waals surface area (Å²) in [4.78, 5) is 0. The molecule has 0 saturated carbocycles. The maximum absolute atomic E-state index is 16.5. The highest BCUT2D eigenvalue weighted by Crippen LogP contribution is 2.44. The fraction of sp³-hybridized carbons (Fsp3) is 0.714. The van der Waals surface area contributed by atoms with Gasteiger partial charge in [0.15, 0.2) is 0 Å². The van der Waals surface area contributed by atoms with Crippen LogP contribution in [-0.4, -0.2) is 57.1 Å². The van der Waals surface area contributed by atoms with Gasteiger partial charge in [-0.15, -0.1) is 0 Å². The van der Waals surface area contributed by atoms with Crippen LogP contribution in [0.1, 0.15) is 108 Å². The van der Waals surface area contributed by atoms with E-state index in [1.165, 1.54) is 27.1 Å². The van der Waals surface area contributed by atoms with Crippen molar-refractivity contribution < 1.29 is 4.46 Å². The highest BCUT2D eigenvalue weighted by molar-refractivity contribution is 6.98. The molecule has 2 aromatic carbocycles. The molecule has 0 amide bonds. The van der Waals surface area contributed by atoms with Crippen LogP contribution in [0, 0.1) is 0 Å². The van der Waals surface area contributed by atoms with E-state index in [0.29, 0.717) is 33.2 Å². The Kier molecular flexibility index (Phi) is 14.2. The van der Waals surface area contributed by atoms with Gasteiger partial charge in [0.2, 0.25) is 0 Å². The second-order valence-electron chi connectivity index (χ2n) is 23.4. The Morgan fingerprint density at radius 3 is 0.820 bits per heavy atom. The molecule has 0 N–H and O–H groups in total. The van der Waals surface area contributed by atoms with Crippen LogP contribution in [0.15, 0.2) is 24.3 Å². The zero-order valence-corrected chi connectivity index (χ0v) is 44.7. The SMILES string of the molecule is CC(C)c1cc(C(C)C)c([Si](=O)c2c(C([Si](C)(C)C)[Si](C)(C)C)cc(C([Si](C)(C)C)[Si](C)(C)C)cc2C([Si](C)(C)C)[Si](C)(C)C)c(C(C)C)c1. The van der Waals surface area contributed by atoms with Crippen molar-refractivity contribution in [3.8, 4) is 0 Å². The van der Waals surface area contributed by atoms with Crippen LogP contribution in [0.4, 0.5) is 0 Å². The lowest BCUT2D eigenvalue weighted by Gasteiger charge is -2.45. The molecule has 0 aliphatic heterocycles.